The Morgan fingerprint density at radius 3 is 2.38 bits per heavy atom. The number of benzene rings is 2. The largest absolute Gasteiger partial charge is 0.298 e. The van der Waals surface area contributed by atoms with Gasteiger partial charge in [0.15, 0.2) is 5.13 Å². The van der Waals surface area contributed by atoms with E-state index in [4.69, 9.17) is 0 Å². The van der Waals surface area contributed by atoms with Crippen LogP contribution in [0.5, 0.6) is 0 Å². The molecule has 0 aliphatic rings. The van der Waals surface area contributed by atoms with Gasteiger partial charge in [-0.3, -0.25) is 10.1 Å². The van der Waals surface area contributed by atoms with Gasteiger partial charge in [-0.15, -0.1) is 0 Å². The second kappa shape index (κ2) is 7.85. The van der Waals surface area contributed by atoms with Gasteiger partial charge in [-0.25, -0.2) is 17.7 Å². The van der Waals surface area contributed by atoms with Gasteiger partial charge in [-0.05, 0) is 41.3 Å². The summed E-state index contributed by atoms with van der Waals surface area (Å²) in [6.07, 6.45) is 0. The van der Waals surface area contributed by atoms with Crippen molar-refractivity contribution in [1.29, 1.82) is 0 Å². The van der Waals surface area contributed by atoms with Crippen molar-refractivity contribution in [2.75, 3.05) is 18.9 Å². The van der Waals surface area contributed by atoms with Gasteiger partial charge in [0.1, 0.15) is 0 Å². The average molecular weight is 432 g/mol. The van der Waals surface area contributed by atoms with Crippen LogP contribution in [0.3, 0.4) is 0 Å². The van der Waals surface area contributed by atoms with Crippen LogP contribution in [-0.2, 0) is 15.4 Å². The Labute approximate surface area is 175 Å². The standard InChI is InChI=1S/C21H25N3O3S2/c1-6-24(5)29(26,27)16-11-12-17-18(13-16)28-20(22-17)23-19(25)14-7-9-15(10-8-14)21(2,3)4/h7-13H,6H2,1-5H3,(H,22,23,25). The molecule has 0 aliphatic heterocycles. The summed E-state index contributed by atoms with van der Waals surface area (Å²) >= 11 is 1.25. The number of anilines is 1. The first-order chi connectivity index (χ1) is 13.5. The van der Waals surface area contributed by atoms with Crippen molar-refractivity contribution in [2.24, 2.45) is 0 Å². The first-order valence-corrected chi connectivity index (χ1v) is 11.6. The second-order valence-electron chi connectivity index (χ2n) is 7.85. The molecule has 1 N–H and O–H groups in total. The maximum absolute atomic E-state index is 12.6. The third-order valence-corrected chi connectivity index (χ3v) is 7.61. The van der Waals surface area contributed by atoms with E-state index in [1.54, 1.807) is 44.3 Å². The summed E-state index contributed by atoms with van der Waals surface area (Å²) in [4.78, 5) is 17.2. The molecule has 6 nitrogen and oxygen atoms in total. The van der Waals surface area contributed by atoms with Gasteiger partial charge in [0.05, 0.1) is 15.1 Å². The van der Waals surface area contributed by atoms with Gasteiger partial charge in [0, 0.05) is 19.2 Å². The molecule has 29 heavy (non-hydrogen) atoms. The number of carbonyl (C=O) groups excluding carboxylic acids is 1. The fourth-order valence-electron chi connectivity index (χ4n) is 2.76. The maximum Gasteiger partial charge on any atom is 0.257 e. The molecule has 0 saturated heterocycles. The van der Waals surface area contributed by atoms with E-state index >= 15 is 0 Å². The summed E-state index contributed by atoms with van der Waals surface area (Å²) in [7, 11) is -1.98. The molecule has 0 radical (unpaired) electrons. The van der Waals surface area contributed by atoms with E-state index in [0.29, 0.717) is 27.5 Å². The zero-order valence-corrected chi connectivity index (χ0v) is 18.8. The normalized spacial score (nSPS) is 12.5. The summed E-state index contributed by atoms with van der Waals surface area (Å²) in [6.45, 7) is 8.53. The van der Waals surface area contributed by atoms with Gasteiger partial charge in [0.25, 0.3) is 5.91 Å². The van der Waals surface area contributed by atoms with Crippen LogP contribution in [0, 0.1) is 0 Å². The highest BCUT2D eigenvalue weighted by Gasteiger charge is 2.20. The molecule has 1 heterocycles. The molecular formula is C21H25N3O3S2. The molecule has 1 amide bonds. The highest BCUT2D eigenvalue weighted by Crippen LogP contribution is 2.29. The predicted molar refractivity (Wildman–Crippen MR) is 118 cm³/mol. The molecule has 8 heteroatoms. The number of carbonyl (C=O) groups is 1. The molecule has 3 rings (SSSR count). The molecule has 1 aromatic heterocycles. The lowest BCUT2D eigenvalue weighted by atomic mass is 9.87. The lowest BCUT2D eigenvalue weighted by Gasteiger charge is -2.18. The van der Waals surface area contributed by atoms with Crippen LogP contribution in [0.2, 0.25) is 0 Å². The number of rotatable bonds is 5. The lowest BCUT2D eigenvalue weighted by molar-refractivity contribution is 0.102. The topological polar surface area (TPSA) is 79.4 Å². The quantitative estimate of drug-likeness (QED) is 0.646. The molecule has 0 unspecified atom stereocenters. The van der Waals surface area contributed by atoms with Crippen molar-refractivity contribution in [3.63, 3.8) is 0 Å². The molecule has 0 saturated carbocycles. The van der Waals surface area contributed by atoms with Crippen LogP contribution < -0.4 is 5.32 Å². The number of nitrogens with one attached hydrogen (secondary N) is 1. The number of fused-ring (bicyclic) bond motifs is 1. The zero-order chi connectivity index (χ0) is 21.4. The van der Waals surface area contributed by atoms with Crippen LogP contribution in [0.25, 0.3) is 10.2 Å². The minimum Gasteiger partial charge on any atom is -0.298 e. The van der Waals surface area contributed by atoms with Crippen molar-refractivity contribution in [1.82, 2.24) is 9.29 Å². The Balaban J connectivity index is 1.83. The molecule has 0 fully saturated rings. The minimum atomic E-state index is -3.53. The van der Waals surface area contributed by atoms with Crippen LogP contribution in [0.4, 0.5) is 5.13 Å². The third-order valence-electron chi connectivity index (χ3n) is 4.75. The summed E-state index contributed by atoms with van der Waals surface area (Å²) < 4.78 is 27.0. The summed E-state index contributed by atoms with van der Waals surface area (Å²) in [5.41, 5.74) is 2.36. The highest BCUT2D eigenvalue weighted by molar-refractivity contribution is 7.89. The van der Waals surface area contributed by atoms with E-state index < -0.39 is 10.0 Å². The van der Waals surface area contributed by atoms with Crippen molar-refractivity contribution in [3.05, 3.63) is 53.6 Å². The maximum atomic E-state index is 12.6. The zero-order valence-electron chi connectivity index (χ0n) is 17.2. The fourth-order valence-corrected chi connectivity index (χ4v) is 4.94. The molecule has 2 aromatic carbocycles. The van der Waals surface area contributed by atoms with Crippen molar-refractivity contribution in [2.45, 2.75) is 38.0 Å². The first kappa shape index (κ1) is 21.4. The van der Waals surface area contributed by atoms with E-state index in [9.17, 15) is 13.2 Å². The monoisotopic (exact) mass is 431 g/mol. The number of hydrogen-bond donors (Lipinski definition) is 1. The number of hydrogen-bond acceptors (Lipinski definition) is 5. The second-order valence-corrected chi connectivity index (χ2v) is 10.9. The first-order valence-electron chi connectivity index (χ1n) is 9.31. The molecular weight excluding hydrogens is 406 g/mol. The number of sulfonamides is 1. The van der Waals surface area contributed by atoms with Gasteiger partial charge >= 0.3 is 0 Å². The van der Waals surface area contributed by atoms with Crippen LogP contribution in [0.15, 0.2) is 47.4 Å². The van der Waals surface area contributed by atoms with E-state index in [-0.39, 0.29) is 16.2 Å². The fraction of sp³-hybridized carbons (Fsp3) is 0.333. The minimum absolute atomic E-state index is 0.0198. The molecule has 154 valence electrons. The van der Waals surface area contributed by atoms with Gasteiger partial charge in [-0.2, -0.15) is 0 Å². The van der Waals surface area contributed by atoms with E-state index in [0.717, 1.165) is 5.56 Å². The van der Waals surface area contributed by atoms with Crippen molar-refractivity contribution in [3.8, 4) is 0 Å². The number of thiazole rings is 1. The van der Waals surface area contributed by atoms with E-state index in [2.05, 4.69) is 31.1 Å². The Bertz CT molecular complexity index is 1140. The number of nitrogens with zero attached hydrogens (tertiary/aromatic N) is 2. The molecule has 0 bridgehead atoms. The number of aromatic nitrogens is 1. The number of amides is 1. The Morgan fingerprint density at radius 1 is 1.14 bits per heavy atom. The van der Waals surface area contributed by atoms with E-state index in [1.165, 1.54) is 15.6 Å². The van der Waals surface area contributed by atoms with Crippen molar-refractivity contribution >= 4 is 42.6 Å². The Morgan fingerprint density at radius 2 is 1.79 bits per heavy atom. The van der Waals surface area contributed by atoms with Crippen LogP contribution in [-0.4, -0.2) is 37.2 Å². The highest BCUT2D eigenvalue weighted by atomic mass is 32.2. The summed E-state index contributed by atoms with van der Waals surface area (Å²) in [6, 6.07) is 12.3. The SMILES string of the molecule is CCN(C)S(=O)(=O)c1ccc2nc(NC(=O)c3ccc(C(C)(C)C)cc3)sc2c1. The predicted octanol–water partition coefficient (Wildman–Crippen LogP) is 4.49. The molecule has 0 spiro atoms. The van der Waals surface area contributed by atoms with Gasteiger partial charge in [-0.1, -0.05) is 51.2 Å². The lowest BCUT2D eigenvalue weighted by Crippen LogP contribution is -2.26. The van der Waals surface area contributed by atoms with E-state index in [1.807, 2.05) is 12.1 Å². The Kier molecular flexibility index (Phi) is 5.80. The van der Waals surface area contributed by atoms with Crippen LogP contribution >= 0.6 is 11.3 Å². The molecule has 0 aliphatic carbocycles. The third kappa shape index (κ3) is 4.49. The smallest absolute Gasteiger partial charge is 0.257 e. The average Bonchev–Trinajstić information content (AvgIpc) is 3.07. The summed E-state index contributed by atoms with van der Waals surface area (Å²) in [5, 5.41) is 3.24. The van der Waals surface area contributed by atoms with Crippen molar-refractivity contribution < 1.29 is 13.2 Å². The molecule has 3 aromatic rings. The molecule has 0 atom stereocenters. The van der Waals surface area contributed by atoms with Gasteiger partial charge < -0.3 is 0 Å². The van der Waals surface area contributed by atoms with Gasteiger partial charge in [0.2, 0.25) is 10.0 Å². The van der Waals surface area contributed by atoms with Crippen LogP contribution in [0.1, 0.15) is 43.6 Å². The Hall–Kier alpha value is -2.29. The summed E-state index contributed by atoms with van der Waals surface area (Å²) in [5.74, 6) is -0.247.